The van der Waals surface area contributed by atoms with Crippen molar-refractivity contribution in [1.82, 2.24) is 19.4 Å². The Labute approximate surface area is 183 Å². The molecule has 8 nitrogen and oxygen atoms in total. The third kappa shape index (κ3) is 3.66. The van der Waals surface area contributed by atoms with Gasteiger partial charge >= 0.3 is 0 Å². The zero-order valence-electron chi connectivity index (χ0n) is 17.1. The van der Waals surface area contributed by atoms with Crippen molar-refractivity contribution in [2.75, 3.05) is 18.5 Å². The molecule has 0 bridgehead atoms. The average Bonchev–Trinajstić information content (AvgIpc) is 3.32. The van der Waals surface area contributed by atoms with Crippen LogP contribution in [0.25, 0.3) is 17.2 Å². The highest BCUT2D eigenvalue weighted by Crippen LogP contribution is 2.29. The maximum absolute atomic E-state index is 11.9. The highest BCUT2D eigenvalue weighted by atomic mass is 32.1. The number of nitrogens with zero attached hydrogens (tertiary/aromatic N) is 4. The second-order valence-electron chi connectivity index (χ2n) is 7.39. The molecule has 31 heavy (non-hydrogen) atoms. The summed E-state index contributed by atoms with van der Waals surface area (Å²) in [5.74, 6) is 0.876. The zero-order valence-corrected chi connectivity index (χ0v) is 17.9. The molecule has 0 aliphatic carbocycles. The van der Waals surface area contributed by atoms with E-state index in [0.29, 0.717) is 36.8 Å². The Balaban J connectivity index is 1.65. The number of carbonyl (C=O) groups excluding carboxylic acids is 1. The Kier molecular flexibility index (Phi) is 5.13. The summed E-state index contributed by atoms with van der Waals surface area (Å²) in [5, 5.41) is 5.57. The van der Waals surface area contributed by atoms with Gasteiger partial charge in [0.1, 0.15) is 17.2 Å². The Morgan fingerprint density at radius 1 is 1.23 bits per heavy atom. The summed E-state index contributed by atoms with van der Waals surface area (Å²) in [4.78, 5) is 27.5. The van der Waals surface area contributed by atoms with E-state index in [0.717, 1.165) is 41.3 Å². The number of aryl methyl sites for hydroxylation is 1. The molecule has 0 spiro atoms. The molecule has 0 unspecified atom stereocenters. The van der Waals surface area contributed by atoms with Crippen molar-refractivity contribution in [3.63, 3.8) is 0 Å². The molecule has 0 saturated heterocycles. The van der Waals surface area contributed by atoms with Crippen molar-refractivity contribution in [1.29, 1.82) is 0 Å². The fourth-order valence-electron chi connectivity index (χ4n) is 3.92. The molecule has 0 aromatic carbocycles. The number of carbonyl (C=O) groups is 1. The molecule has 0 atom stereocenters. The molecule has 1 aliphatic heterocycles. The van der Waals surface area contributed by atoms with Crippen molar-refractivity contribution in [2.24, 2.45) is 5.73 Å². The van der Waals surface area contributed by atoms with Crippen LogP contribution < -0.4 is 11.1 Å². The number of hydrogen-bond donors (Lipinski definition) is 2. The normalized spacial score (nSPS) is 13.7. The maximum Gasteiger partial charge on any atom is 0.252 e. The quantitative estimate of drug-likeness (QED) is 0.500. The topological polar surface area (TPSA) is 107 Å². The molecule has 5 heterocycles. The number of thiophene rings is 1. The van der Waals surface area contributed by atoms with Gasteiger partial charge in [-0.25, -0.2) is 15.0 Å². The van der Waals surface area contributed by atoms with Crippen LogP contribution in [0, 0.1) is 6.92 Å². The van der Waals surface area contributed by atoms with Crippen LogP contribution in [-0.2, 0) is 24.1 Å². The number of pyridine rings is 1. The van der Waals surface area contributed by atoms with E-state index in [1.54, 1.807) is 23.5 Å². The number of aromatic nitrogens is 4. The van der Waals surface area contributed by atoms with Gasteiger partial charge < -0.3 is 15.8 Å². The predicted molar refractivity (Wildman–Crippen MR) is 119 cm³/mol. The molecule has 0 radical (unpaired) electrons. The van der Waals surface area contributed by atoms with Gasteiger partial charge in [0.05, 0.1) is 36.7 Å². The van der Waals surface area contributed by atoms with Crippen LogP contribution in [-0.4, -0.2) is 38.5 Å². The summed E-state index contributed by atoms with van der Waals surface area (Å²) in [7, 11) is 0. The van der Waals surface area contributed by atoms with Crippen molar-refractivity contribution < 1.29 is 9.53 Å². The molecule has 0 saturated carbocycles. The fraction of sp³-hybridized carbons (Fsp3) is 0.273. The van der Waals surface area contributed by atoms with Crippen LogP contribution in [0.15, 0.2) is 35.8 Å². The van der Waals surface area contributed by atoms with Crippen molar-refractivity contribution in [3.05, 3.63) is 63.2 Å². The first kappa shape index (κ1) is 19.7. The van der Waals surface area contributed by atoms with Crippen LogP contribution in [0.5, 0.6) is 0 Å². The lowest BCUT2D eigenvalue weighted by molar-refractivity contribution is 0.100. The molecular formula is C22H22N6O2S. The number of nitrogens with two attached hydrogens (primary N) is 1. The van der Waals surface area contributed by atoms with Gasteiger partial charge in [-0.3, -0.25) is 9.20 Å². The Bertz CT molecular complexity index is 1260. The number of fused-ring (bicyclic) bond motifs is 2. The first-order chi connectivity index (χ1) is 15.1. The molecule has 3 N–H and O–H groups in total. The van der Waals surface area contributed by atoms with Gasteiger partial charge in [-0.05, 0) is 30.5 Å². The number of imidazole rings is 1. The van der Waals surface area contributed by atoms with Gasteiger partial charge in [0, 0.05) is 29.5 Å². The van der Waals surface area contributed by atoms with E-state index in [1.807, 2.05) is 23.6 Å². The number of rotatable bonds is 5. The summed E-state index contributed by atoms with van der Waals surface area (Å²) < 4.78 is 7.53. The minimum absolute atomic E-state index is 0.371. The van der Waals surface area contributed by atoms with Crippen LogP contribution in [0.1, 0.15) is 32.2 Å². The second kappa shape index (κ2) is 8.09. The molecule has 5 rings (SSSR count). The third-order valence-corrected chi connectivity index (χ3v) is 6.26. The lowest BCUT2D eigenvalue weighted by atomic mass is 10.1. The van der Waals surface area contributed by atoms with Crippen LogP contribution in [0.3, 0.4) is 0 Å². The first-order valence-electron chi connectivity index (χ1n) is 10.1. The molecule has 1 aliphatic rings. The summed E-state index contributed by atoms with van der Waals surface area (Å²) in [5.41, 5.74) is 10.0. The number of amides is 1. The number of anilines is 1. The van der Waals surface area contributed by atoms with Gasteiger partial charge in [0.25, 0.3) is 5.91 Å². The molecule has 4 aromatic heterocycles. The van der Waals surface area contributed by atoms with Gasteiger partial charge in [-0.1, -0.05) is 6.07 Å². The van der Waals surface area contributed by atoms with E-state index >= 15 is 0 Å². The number of ether oxygens (including phenoxy) is 1. The summed E-state index contributed by atoms with van der Waals surface area (Å²) >= 11 is 1.71. The standard InChI is InChI=1S/C22H22N6O2S/c1-13-18(28-8-2-5-16(19(23)29)22(28)25-13)21-26-17-7-10-30-9-6-15(17)20(27-21)24-12-14-4-3-11-31-14/h2-5,8,11H,6-7,9-10,12H2,1H3,(H2,23,29)(H,24,26,27). The monoisotopic (exact) mass is 434 g/mol. The largest absolute Gasteiger partial charge is 0.381 e. The smallest absolute Gasteiger partial charge is 0.252 e. The molecule has 9 heteroatoms. The third-order valence-electron chi connectivity index (χ3n) is 5.38. The number of hydrogen-bond acceptors (Lipinski definition) is 7. The van der Waals surface area contributed by atoms with Gasteiger partial charge in [-0.15, -0.1) is 11.3 Å². The maximum atomic E-state index is 11.9. The van der Waals surface area contributed by atoms with E-state index in [1.165, 1.54) is 4.88 Å². The van der Waals surface area contributed by atoms with Crippen molar-refractivity contribution in [2.45, 2.75) is 26.3 Å². The molecule has 4 aromatic rings. The Morgan fingerprint density at radius 3 is 2.90 bits per heavy atom. The molecule has 0 fully saturated rings. The van der Waals surface area contributed by atoms with E-state index in [9.17, 15) is 4.79 Å². The summed E-state index contributed by atoms with van der Waals surface area (Å²) in [6, 6.07) is 7.60. The van der Waals surface area contributed by atoms with E-state index in [-0.39, 0.29) is 0 Å². The Hall–Kier alpha value is -3.30. The van der Waals surface area contributed by atoms with Crippen LogP contribution in [0.4, 0.5) is 5.82 Å². The molecule has 158 valence electrons. The number of primary amides is 1. The molecule has 1 amide bonds. The molecular weight excluding hydrogens is 412 g/mol. The predicted octanol–water partition coefficient (Wildman–Crippen LogP) is 2.99. The minimum atomic E-state index is -0.513. The van der Waals surface area contributed by atoms with Crippen LogP contribution in [0.2, 0.25) is 0 Å². The Morgan fingerprint density at radius 2 is 2.10 bits per heavy atom. The minimum Gasteiger partial charge on any atom is -0.381 e. The SMILES string of the molecule is Cc1nc2c(C(N)=O)cccn2c1-c1nc2c(c(NCc3cccs3)n1)CCOCC2. The average molecular weight is 435 g/mol. The summed E-state index contributed by atoms with van der Waals surface area (Å²) in [6.07, 6.45) is 3.34. The van der Waals surface area contributed by atoms with Crippen molar-refractivity contribution in [3.8, 4) is 11.5 Å². The van der Waals surface area contributed by atoms with E-state index in [4.69, 9.17) is 20.4 Å². The highest BCUT2D eigenvalue weighted by molar-refractivity contribution is 7.09. The first-order valence-corrected chi connectivity index (χ1v) is 11.0. The second-order valence-corrected chi connectivity index (χ2v) is 8.42. The fourth-order valence-corrected chi connectivity index (χ4v) is 4.57. The number of nitrogens with one attached hydrogen (secondary N) is 1. The lowest BCUT2D eigenvalue weighted by Crippen LogP contribution is -2.13. The highest BCUT2D eigenvalue weighted by Gasteiger charge is 2.22. The van der Waals surface area contributed by atoms with Gasteiger partial charge in [0.2, 0.25) is 0 Å². The van der Waals surface area contributed by atoms with E-state index < -0.39 is 5.91 Å². The van der Waals surface area contributed by atoms with Gasteiger partial charge in [0.15, 0.2) is 5.82 Å². The zero-order chi connectivity index (χ0) is 21.4. The summed E-state index contributed by atoms with van der Waals surface area (Å²) in [6.45, 7) is 3.87. The van der Waals surface area contributed by atoms with Gasteiger partial charge in [-0.2, -0.15) is 0 Å². The van der Waals surface area contributed by atoms with Crippen molar-refractivity contribution >= 4 is 28.7 Å². The van der Waals surface area contributed by atoms with E-state index in [2.05, 4.69) is 21.7 Å². The van der Waals surface area contributed by atoms with Crippen LogP contribution >= 0.6 is 11.3 Å². The lowest BCUT2D eigenvalue weighted by Gasteiger charge is -2.14.